The molecule has 2 amide bonds. The minimum absolute atomic E-state index is 0.00203. The molecule has 2 aliphatic rings. The van der Waals surface area contributed by atoms with Crippen molar-refractivity contribution in [3.05, 3.63) is 65.5 Å². The van der Waals surface area contributed by atoms with Gasteiger partial charge in [-0.05, 0) is 80.9 Å². The fourth-order valence-corrected chi connectivity index (χ4v) is 4.98. The van der Waals surface area contributed by atoms with E-state index < -0.39 is 17.8 Å². The second kappa shape index (κ2) is 10.1. The highest BCUT2D eigenvalue weighted by Gasteiger charge is 2.43. The van der Waals surface area contributed by atoms with E-state index in [4.69, 9.17) is 4.74 Å². The number of nitrogens with zero attached hydrogens (tertiary/aromatic N) is 5. The lowest BCUT2D eigenvalue weighted by Gasteiger charge is -2.28. The number of alkyl halides is 3. The summed E-state index contributed by atoms with van der Waals surface area (Å²) in [5, 5.41) is 3.82. The summed E-state index contributed by atoms with van der Waals surface area (Å²) in [7, 11) is 3.19. The molecule has 0 saturated carbocycles. The van der Waals surface area contributed by atoms with Crippen LogP contribution in [0, 0.1) is 0 Å². The molecule has 1 aromatic heterocycles. The predicted molar refractivity (Wildman–Crippen MR) is 136 cm³/mol. The van der Waals surface area contributed by atoms with Crippen LogP contribution in [0.2, 0.25) is 0 Å². The van der Waals surface area contributed by atoms with Crippen LogP contribution in [0.4, 0.5) is 24.5 Å². The highest BCUT2D eigenvalue weighted by molar-refractivity contribution is 6.07. The molecule has 38 heavy (non-hydrogen) atoms. The van der Waals surface area contributed by atoms with Gasteiger partial charge in [-0.2, -0.15) is 18.3 Å². The van der Waals surface area contributed by atoms with Gasteiger partial charge in [0.1, 0.15) is 11.4 Å². The standard InChI is InChI=1S/C27H28F3N5O3/c1-32(23(36)17-33-14-3-4-15-33)18-5-7-19(8-6-18)34-16-13-22-24(26(34)37)35(31-25(22)27(28,29)30)20-9-11-21(38-2)12-10-20/h5-12H,3-4,13-17H2,1-2H3. The number of hydrogen-bond donors (Lipinski definition) is 0. The summed E-state index contributed by atoms with van der Waals surface area (Å²) in [4.78, 5) is 31.4. The number of amides is 2. The van der Waals surface area contributed by atoms with Gasteiger partial charge in [0.2, 0.25) is 5.91 Å². The van der Waals surface area contributed by atoms with Gasteiger partial charge in [-0.25, -0.2) is 4.68 Å². The first-order valence-corrected chi connectivity index (χ1v) is 12.4. The average Bonchev–Trinajstić information content (AvgIpc) is 3.57. The van der Waals surface area contributed by atoms with Gasteiger partial charge in [0.05, 0.1) is 19.3 Å². The van der Waals surface area contributed by atoms with E-state index in [1.165, 1.54) is 12.0 Å². The lowest BCUT2D eigenvalue weighted by molar-refractivity contribution is -0.142. The summed E-state index contributed by atoms with van der Waals surface area (Å²) in [6, 6.07) is 13.2. The molecule has 1 saturated heterocycles. The highest BCUT2D eigenvalue weighted by atomic mass is 19.4. The summed E-state index contributed by atoms with van der Waals surface area (Å²) < 4.78 is 47.7. The van der Waals surface area contributed by atoms with Crippen molar-refractivity contribution in [2.75, 3.05) is 50.1 Å². The third-order valence-corrected chi connectivity index (χ3v) is 7.08. The number of likely N-dealkylation sites (tertiary alicyclic amines) is 1. The molecule has 0 spiro atoms. The minimum Gasteiger partial charge on any atom is -0.497 e. The van der Waals surface area contributed by atoms with Crippen LogP contribution < -0.4 is 14.5 Å². The Bertz CT molecular complexity index is 1330. The van der Waals surface area contributed by atoms with E-state index in [0.717, 1.165) is 30.6 Å². The van der Waals surface area contributed by atoms with Gasteiger partial charge in [0, 0.05) is 30.5 Å². The molecule has 8 nitrogen and oxygen atoms in total. The number of methoxy groups -OCH3 is 1. The van der Waals surface area contributed by atoms with Crippen LogP contribution in [0.15, 0.2) is 48.5 Å². The number of fused-ring (bicyclic) bond motifs is 1. The third-order valence-electron chi connectivity index (χ3n) is 7.08. The van der Waals surface area contributed by atoms with E-state index in [-0.39, 0.29) is 30.1 Å². The minimum atomic E-state index is -4.70. The van der Waals surface area contributed by atoms with E-state index in [2.05, 4.69) is 10.00 Å². The Balaban J connectivity index is 1.42. The smallest absolute Gasteiger partial charge is 0.435 e. The number of halogens is 3. The van der Waals surface area contributed by atoms with Crippen molar-refractivity contribution >= 4 is 23.2 Å². The zero-order chi connectivity index (χ0) is 27.0. The first-order chi connectivity index (χ1) is 18.2. The normalized spacial score (nSPS) is 16.0. The van der Waals surface area contributed by atoms with Gasteiger partial charge in [0.15, 0.2) is 5.69 Å². The van der Waals surface area contributed by atoms with Crippen molar-refractivity contribution in [2.24, 2.45) is 0 Å². The van der Waals surface area contributed by atoms with Gasteiger partial charge < -0.3 is 14.5 Å². The summed E-state index contributed by atoms with van der Waals surface area (Å²) in [5.74, 6) is -0.0690. The fraction of sp³-hybridized carbons (Fsp3) is 0.370. The molecular weight excluding hydrogens is 499 g/mol. The monoisotopic (exact) mass is 527 g/mol. The van der Waals surface area contributed by atoms with Gasteiger partial charge in [-0.15, -0.1) is 0 Å². The third kappa shape index (κ3) is 4.85. The Morgan fingerprint density at radius 3 is 2.24 bits per heavy atom. The van der Waals surface area contributed by atoms with Gasteiger partial charge in [0.25, 0.3) is 5.91 Å². The number of benzene rings is 2. The van der Waals surface area contributed by atoms with Crippen LogP contribution in [0.5, 0.6) is 5.75 Å². The predicted octanol–water partition coefficient (Wildman–Crippen LogP) is 4.16. The molecule has 3 heterocycles. The van der Waals surface area contributed by atoms with Crippen molar-refractivity contribution in [1.29, 1.82) is 0 Å². The van der Waals surface area contributed by atoms with Crippen LogP contribution in [0.25, 0.3) is 5.69 Å². The lowest BCUT2D eigenvalue weighted by Crippen LogP contribution is -2.39. The zero-order valence-electron chi connectivity index (χ0n) is 21.2. The summed E-state index contributed by atoms with van der Waals surface area (Å²) in [6.45, 7) is 2.26. The van der Waals surface area contributed by atoms with Gasteiger partial charge >= 0.3 is 6.18 Å². The summed E-state index contributed by atoms with van der Waals surface area (Å²) in [5.41, 5.74) is 0.242. The van der Waals surface area contributed by atoms with Crippen LogP contribution >= 0.6 is 0 Å². The Morgan fingerprint density at radius 2 is 1.63 bits per heavy atom. The van der Waals surface area contributed by atoms with E-state index in [1.807, 2.05) is 0 Å². The van der Waals surface area contributed by atoms with Crippen molar-refractivity contribution in [2.45, 2.75) is 25.4 Å². The zero-order valence-corrected chi connectivity index (χ0v) is 21.2. The molecule has 0 atom stereocenters. The molecule has 2 aromatic carbocycles. The van der Waals surface area contributed by atoms with Crippen LogP contribution in [-0.2, 0) is 17.4 Å². The molecule has 5 rings (SSSR count). The first-order valence-electron chi connectivity index (χ1n) is 12.4. The second-order valence-corrected chi connectivity index (χ2v) is 9.44. The fourth-order valence-electron chi connectivity index (χ4n) is 4.98. The SMILES string of the molecule is COc1ccc(-n2nc(C(F)(F)F)c3c2C(=O)N(c2ccc(N(C)C(=O)CN4CCCC4)cc2)CC3)cc1. The second-order valence-electron chi connectivity index (χ2n) is 9.44. The largest absolute Gasteiger partial charge is 0.497 e. The summed E-state index contributed by atoms with van der Waals surface area (Å²) >= 11 is 0. The average molecular weight is 528 g/mol. The first kappa shape index (κ1) is 25.8. The Kier molecular flexibility index (Phi) is 6.87. The van der Waals surface area contributed by atoms with E-state index >= 15 is 0 Å². The van der Waals surface area contributed by atoms with Crippen molar-refractivity contribution in [3.8, 4) is 11.4 Å². The number of ether oxygens (including phenoxy) is 1. The molecule has 0 unspecified atom stereocenters. The number of carbonyl (C=O) groups is 2. The molecular formula is C27H28F3N5O3. The van der Waals surface area contributed by atoms with Crippen LogP contribution in [0.3, 0.4) is 0 Å². The van der Waals surface area contributed by atoms with Crippen molar-refractivity contribution in [3.63, 3.8) is 0 Å². The van der Waals surface area contributed by atoms with E-state index in [0.29, 0.717) is 29.4 Å². The molecule has 1 fully saturated rings. The maximum atomic E-state index is 13.8. The van der Waals surface area contributed by atoms with Gasteiger partial charge in [-0.3, -0.25) is 14.5 Å². The topological polar surface area (TPSA) is 70.9 Å². The molecule has 0 radical (unpaired) electrons. The molecule has 200 valence electrons. The number of anilines is 2. The number of rotatable bonds is 6. The maximum absolute atomic E-state index is 13.8. The molecule has 0 N–H and O–H groups in total. The number of hydrogen-bond acceptors (Lipinski definition) is 5. The van der Waals surface area contributed by atoms with Crippen molar-refractivity contribution in [1.82, 2.24) is 14.7 Å². The van der Waals surface area contributed by atoms with Crippen LogP contribution in [0.1, 0.15) is 34.6 Å². The molecule has 2 aliphatic heterocycles. The highest BCUT2D eigenvalue weighted by Crippen LogP contribution is 2.37. The Morgan fingerprint density at radius 1 is 1.00 bits per heavy atom. The molecule has 3 aromatic rings. The maximum Gasteiger partial charge on any atom is 0.435 e. The number of likely N-dealkylation sites (N-methyl/N-ethyl adjacent to an activating group) is 1. The Labute approximate surface area is 218 Å². The number of aromatic nitrogens is 2. The van der Waals surface area contributed by atoms with Crippen LogP contribution in [-0.4, -0.2) is 66.8 Å². The van der Waals surface area contributed by atoms with E-state index in [9.17, 15) is 22.8 Å². The van der Waals surface area contributed by atoms with Gasteiger partial charge in [-0.1, -0.05) is 0 Å². The quantitative estimate of drug-likeness (QED) is 0.482. The molecule has 0 aliphatic carbocycles. The Hall–Kier alpha value is -3.86. The van der Waals surface area contributed by atoms with Crippen molar-refractivity contribution < 1.29 is 27.5 Å². The summed E-state index contributed by atoms with van der Waals surface area (Å²) in [6.07, 6.45) is -2.50. The molecule has 11 heteroatoms. The van der Waals surface area contributed by atoms with E-state index in [1.54, 1.807) is 60.5 Å². The lowest BCUT2D eigenvalue weighted by atomic mass is 10.0. The molecule has 0 bridgehead atoms. The number of carbonyl (C=O) groups excluding carboxylic acids is 2.